The summed E-state index contributed by atoms with van der Waals surface area (Å²) in [4.78, 5) is 27.5. The van der Waals surface area contributed by atoms with Crippen LogP contribution in [0.5, 0.6) is 0 Å². The Bertz CT molecular complexity index is 768. The number of hydrogen-bond donors (Lipinski definition) is 1. The van der Waals surface area contributed by atoms with Gasteiger partial charge in [0.15, 0.2) is 0 Å². The normalized spacial score (nSPS) is 10.7. The maximum atomic E-state index is 13.1. The van der Waals surface area contributed by atoms with Gasteiger partial charge in [-0.1, -0.05) is 29.8 Å². The maximum absolute atomic E-state index is 13.1. The zero-order chi connectivity index (χ0) is 19.1. The molecule has 0 bridgehead atoms. The summed E-state index contributed by atoms with van der Waals surface area (Å²) < 4.78 is 13.1. The molecule has 0 unspecified atom stereocenters. The lowest BCUT2D eigenvalue weighted by molar-refractivity contribution is -0.131. The van der Waals surface area contributed by atoms with E-state index >= 15 is 0 Å². The standard InChI is InChI=1S/C19H21ClFN3O2/c1-23(12-18(25)22-17-5-3-4-16(21)10-17)13-19(26)24(2)11-14-6-8-15(20)9-7-14/h3-10H,11-13H2,1-2H3,(H,22,25). The third kappa shape index (κ3) is 6.46. The van der Waals surface area contributed by atoms with E-state index in [-0.39, 0.29) is 24.9 Å². The van der Waals surface area contributed by atoms with Gasteiger partial charge in [0.2, 0.25) is 11.8 Å². The molecular formula is C19H21ClFN3O2. The third-order valence-electron chi connectivity index (χ3n) is 3.69. The predicted octanol–water partition coefficient (Wildman–Crippen LogP) is 3.01. The lowest BCUT2D eigenvalue weighted by atomic mass is 10.2. The average Bonchev–Trinajstić information content (AvgIpc) is 2.56. The first-order valence-corrected chi connectivity index (χ1v) is 8.43. The fraction of sp³-hybridized carbons (Fsp3) is 0.263. The quantitative estimate of drug-likeness (QED) is 0.807. The largest absolute Gasteiger partial charge is 0.340 e. The number of amides is 2. The van der Waals surface area contributed by atoms with Gasteiger partial charge in [0.1, 0.15) is 5.82 Å². The Morgan fingerprint density at radius 2 is 1.77 bits per heavy atom. The van der Waals surface area contributed by atoms with Crippen LogP contribution in [-0.2, 0) is 16.1 Å². The van der Waals surface area contributed by atoms with Crippen LogP contribution >= 0.6 is 11.6 Å². The lowest BCUT2D eigenvalue weighted by Crippen LogP contribution is -2.39. The molecule has 0 spiro atoms. The molecule has 7 heteroatoms. The summed E-state index contributed by atoms with van der Waals surface area (Å²) in [7, 11) is 3.39. The molecule has 2 aromatic carbocycles. The van der Waals surface area contributed by atoms with Crippen molar-refractivity contribution in [2.75, 3.05) is 32.5 Å². The van der Waals surface area contributed by atoms with E-state index in [1.165, 1.54) is 18.2 Å². The molecule has 0 fully saturated rings. The number of likely N-dealkylation sites (N-methyl/N-ethyl adjacent to an activating group) is 2. The van der Waals surface area contributed by atoms with Crippen molar-refractivity contribution in [1.82, 2.24) is 9.80 Å². The zero-order valence-electron chi connectivity index (χ0n) is 14.7. The van der Waals surface area contributed by atoms with Crippen LogP contribution in [0.3, 0.4) is 0 Å². The van der Waals surface area contributed by atoms with Crippen molar-refractivity contribution in [2.45, 2.75) is 6.54 Å². The molecule has 5 nitrogen and oxygen atoms in total. The molecule has 2 aromatic rings. The molecule has 0 aromatic heterocycles. The second-order valence-electron chi connectivity index (χ2n) is 6.11. The Kier molecular flexibility index (Phi) is 7.12. The van der Waals surface area contributed by atoms with Crippen LogP contribution in [0.15, 0.2) is 48.5 Å². The monoisotopic (exact) mass is 377 g/mol. The summed E-state index contributed by atoms with van der Waals surface area (Å²) >= 11 is 5.85. The second kappa shape index (κ2) is 9.31. The van der Waals surface area contributed by atoms with E-state index in [0.717, 1.165) is 5.56 Å². The minimum absolute atomic E-state index is 0.0248. The molecule has 0 aliphatic rings. The Balaban J connectivity index is 1.80. The summed E-state index contributed by atoms with van der Waals surface area (Å²) in [5.74, 6) is -0.845. The smallest absolute Gasteiger partial charge is 0.238 e. The number of nitrogens with zero attached hydrogens (tertiary/aromatic N) is 2. The van der Waals surface area contributed by atoms with Gasteiger partial charge in [-0.05, 0) is 42.9 Å². The third-order valence-corrected chi connectivity index (χ3v) is 3.94. The molecule has 2 rings (SSSR count). The molecule has 0 heterocycles. The van der Waals surface area contributed by atoms with Crippen LogP contribution in [0, 0.1) is 5.82 Å². The first kappa shape index (κ1) is 19.9. The number of halogens is 2. The van der Waals surface area contributed by atoms with Crippen LogP contribution in [-0.4, -0.2) is 48.8 Å². The molecule has 1 N–H and O–H groups in total. The van der Waals surface area contributed by atoms with E-state index in [4.69, 9.17) is 11.6 Å². The molecule has 2 amide bonds. The number of hydrogen-bond acceptors (Lipinski definition) is 3. The summed E-state index contributed by atoms with van der Waals surface area (Å²) in [5, 5.41) is 3.25. The van der Waals surface area contributed by atoms with Crippen molar-refractivity contribution in [3.8, 4) is 0 Å². The number of benzene rings is 2. The van der Waals surface area contributed by atoms with E-state index in [0.29, 0.717) is 17.3 Å². The molecule has 0 radical (unpaired) electrons. The SMILES string of the molecule is CN(CC(=O)Nc1cccc(F)c1)CC(=O)N(C)Cc1ccc(Cl)cc1. The van der Waals surface area contributed by atoms with Crippen LogP contribution in [0.1, 0.15) is 5.56 Å². The van der Waals surface area contributed by atoms with Gasteiger partial charge in [0.05, 0.1) is 13.1 Å². The topological polar surface area (TPSA) is 52.7 Å². The lowest BCUT2D eigenvalue weighted by Gasteiger charge is -2.21. The molecule has 138 valence electrons. The van der Waals surface area contributed by atoms with E-state index in [9.17, 15) is 14.0 Å². The number of rotatable bonds is 7. The van der Waals surface area contributed by atoms with E-state index in [1.807, 2.05) is 12.1 Å². The molecule has 0 aliphatic carbocycles. The summed E-state index contributed by atoms with van der Waals surface area (Å²) in [6.07, 6.45) is 0. The van der Waals surface area contributed by atoms with Gasteiger partial charge in [-0.3, -0.25) is 14.5 Å². The zero-order valence-corrected chi connectivity index (χ0v) is 15.5. The number of carbonyl (C=O) groups is 2. The van der Waals surface area contributed by atoms with Gasteiger partial charge >= 0.3 is 0 Å². The van der Waals surface area contributed by atoms with E-state index < -0.39 is 5.82 Å². The fourth-order valence-electron chi connectivity index (χ4n) is 2.37. The van der Waals surface area contributed by atoms with Crippen molar-refractivity contribution >= 4 is 29.1 Å². The highest BCUT2D eigenvalue weighted by molar-refractivity contribution is 6.30. The van der Waals surface area contributed by atoms with Gasteiger partial charge < -0.3 is 10.2 Å². The highest BCUT2D eigenvalue weighted by atomic mass is 35.5. The van der Waals surface area contributed by atoms with E-state index in [1.54, 1.807) is 42.1 Å². The maximum Gasteiger partial charge on any atom is 0.238 e. The second-order valence-corrected chi connectivity index (χ2v) is 6.54. The van der Waals surface area contributed by atoms with Gasteiger partial charge in [-0.15, -0.1) is 0 Å². The van der Waals surface area contributed by atoms with E-state index in [2.05, 4.69) is 5.32 Å². The predicted molar refractivity (Wildman–Crippen MR) is 100 cm³/mol. The molecule has 0 atom stereocenters. The van der Waals surface area contributed by atoms with Gasteiger partial charge in [-0.2, -0.15) is 0 Å². The van der Waals surface area contributed by atoms with Crippen LogP contribution in [0.25, 0.3) is 0 Å². The molecule has 0 aliphatic heterocycles. The summed E-state index contributed by atoms with van der Waals surface area (Å²) in [6, 6.07) is 12.9. The summed E-state index contributed by atoms with van der Waals surface area (Å²) in [6.45, 7) is 0.580. The Hall–Kier alpha value is -2.44. The number of nitrogens with one attached hydrogen (secondary N) is 1. The highest BCUT2D eigenvalue weighted by Gasteiger charge is 2.14. The number of anilines is 1. The Labute approximate surface area is 157 Å². The van der Waals surface area contributed by atoms with Crippen molar-refractivity contribution in [3.05, 3.63) is 64.9 Å². The van der Waals surface area contributed by atoms with Crippen molar-refractivity contribution < 1.29 is 14.0 Å². The fourth-order valence-corrected chi connectivity index (χ4v) is 2.50. The minimum Gasteiger partial charge on any atom is -0.340 e. The molecule has 0 saturated heterocycles. The van der Waals surface area contributed by atoms with Crippen molar-refractivity contribution in [1.29, 1.82) is 0 Å². The van der Waals surface area contributed by atoms with Crippen LogP contribution in [0.4, 0.5) is 10.1 Å². The molecular weight excluding hydrogens is 357 g/mol. The first-order valence-electron chi connectivity index (χ1n) is 8.06. The van der Waals surface area contributed by atoms with Gasteiger partial charge in [0, 0.05) is 24.3 Å². The summed E-state index contributed by atoms with van der Waals surface area (Å²) in [5.41, 5.74) is 1.35. The Morgan fingerprint density at radius 3 is 2.42 bits per heavy atom. The van der Waals surface area contributed by atoms with Crippen LogP contribution in [0.2, 0.25) is 5.02 Å². The van der Waals surface area contributed by atoms with Crippen molar-refractivity contribution in [3.63, 3.8) is 0 Å². The highest BCUT2D eigenvalue weighted by Crippen LogP contribution is 2.11. The Morgan fingerprint density at radius 1 is 1.08 bits per heavy atom. The van der Waals surface area contributed by atoms with Gasteiger partial charge in [0.25, 0.3) is 0 Å². The van der Waals surface area contributed by atoms with Gasteiger partial charge in [-0.25, -0.2) is 4.39 Å². The molecule has 26 heavy (non-hydrogen) atoms. The van der Waals surface area contributed by atoms with Crippen LogP contribution < -0.4 is 5.32 Å². The molecule has 0 saturated carbocycles. The first-order chi connectivity index (χ1) is 12.3. The minimum atomic E-state index is -0.421. The van der Waals surface area contributed by atoms with Crippen molar-refractivity contribution in [2.24, 2.45) is 0 Å². The number of carbonyl (C=O) groups excluding carboxylic acids is 2. The average molecular weight is 378 g/mol.